The average Bonchev–Trinajstić information content (AvgIpc) is 2.51. The quantitative estimate of drug-likeness (QED) is 0.741. The Labute approximate surface area is 129 Å². The van der Waals surface area contributed by atoms with Gasteiger partial charge in [0.15, 0.2) is 0 Å². The molecule has 0 unspecified atom stereocenters. The Kier molecular flexibility index (Phi) is 13.2. The van der Waals surface area contributed by atoms with E-state index in [-0.39, 0.29) is 0 Å². The van der Waals surface area contributed by atoms with Crippen LogP contribution < -0.4 is 5.32 Å². The molecule has 6 nitrogen and oxygen atoms in total. The first kappa shape index (κ1) is 18.8. The largest absolute Gasteiger partial charge is 0.380 e. The number of nitrogens with zero attached hydrogens (tertiary/aromatic N) is 1. The summed E-state index contributed by atoms with van der Waals surface area (Å²) in [6.07, 6.45) is 1.07. The molecule has 1 saturated heterocycles. The zero-order chi connectivity index (χ0) is 15.0. The Morgan fingerprint density at radius 1 is 0.857 bits per heavy atom. The molecule has 1 aliphatic heterocycles. The van der Waals surface area contributed by atoms with Crippen molar-refractivity contribution < 1.29 is 18.9 Å². The second-order valence-corrected chi connectivity index (χ2v) is 5.04. The molecule has 0 aromatic heterocycles. The molecule has 0 amide bonds. The van der Waals surface area contributed by atoms with E-state index in [1.165, 1.54) is 0 Å². The van der Waals surface area contributed by atoms with Crippen LogP contribution in [0.1, 0.15) is 13.3 Å². The van der Waals surface area contributed by atoms with Crippen LogP contribution in [-0.2, 0) is 18.9 Å². The van der Waals surface area contributed by atoms with Gasteiger partial charge in [0, 0.05) is 39.3 Å². The maximum Gasteiger partial charge on any atom is 0.0701 e. The predicted molar refractivity (Wildman–Crippen MR) is 82.9 cm³/mol. The van der Waals surface area contributed by atoms with Crippen LogP contribution in [0.25, 0.3) is 0 Å². The molecule has 6 heteroatoms. The molecule has 0 aliphatic carbocycles. The van der Waals surface area contributed by atoms with Crippen LogP contribution >= 0.6 is 0 Å². The smallest absolute Gasteiger partial charge is 0.0701 e. The molecule has 126 valence electrons. The van der Waals surface area contributed by atoms with Crippen molar-refractivity contribution in [1.82, 2.24) is 10.2 Å². The second-order valence-electron chi connectivity index (χ2n) is 5.04. The molecule has 0 aromatic carbocycles. The first-order valence-electron chi connectivity index (χ1n) is 8.17. The van der Waals surface area contributed by atoms with Gasteiger partial charge in [0.05, 0.1) is 46.2 Å². The first-order chi connectivity index (χ1) is 10.4. The van der Waals surface area contributed by atoms with Gasteiger partial charge in [0.25, 0.3) is 0 Å². The lowest BCUT2D eigenvalue weighted by Crippen LogP contribution is -2.34. The summed E-state index contributed by atoms with van der Waals surface area (Å²) in [7, 11) is 0. The normalized spacial score (nSPS) is 21.6. The number of hydrogen-bond donors (Lipinski definition) is 1. The average molecular weight is 304 g/mol. The van der Waals surface area contributed by atoms with E-state index in [0.29, 0.717) is 13.2 Å². The van der Waals surface area contributed by atoms with Crippen molar-refractivity contribution in [2.75, 3.05) is 85.6 Å². The highest BCUT2D eigenvalue weighted by Gasteiger charge is 2.05. The van der Waals surface area contributed by atoms with Gasteiger partial charge >= 0.3 is 0 Å². The summed E-state index contributed by atoms with van der Waals surface area (Å²) in [5.74, 6) is 0. The van der Waals surface area contributed by atoms with Gasteiger partial charge in [-0.2, -0.15) is 0 Å². The van der Waals surface area contributed by atoms with Gasteiger partial charge in [0.2, 0.25) is 0 Å². The van der Waals surface area contributed by atoms with Crippen molar-refractivity contribution in [2.45, 2.75) is 13.3 Å². The predicted octanol–water partition coefficient (Wildman–Crippen LogP) is 0.368. The number of ether oxygens (including phenoxy) is 4. The van der Waals surface area contributed by atoms with Crippen LogP contribution in [-0.4, -0.2) is 90.5 Å². The maximum atomic E-state index is 5.64. The Morgan fingerprint density at radius 3 is 2.14 bits per heavy atom. The summed E-state index contributed by atoms with van der Waals surface area (Å²) < 4.78 is 22.3. The molecular weight excluding hydrogens is 272 g/mol. The monoisotopic (exact) mass is 304 g/mol. The molecule has 21 heavy (non-hydrogen) atoms. The van der Waals surface area contributed by atoms with Crippen molar-refractivity contribution in [3.05, 3.63) is 0 Å². The Balaban J connectivity index is 2.20. The van der Waals surface area contributed by atoms with E-state index in [1.807, 2.05) is 0 Å². The third-order valence-corrected chi connectivity index (χ3v) is 3.22. The van der Waals surface area contributed by atoms with Gasteiger partial charge in [-0.15, -0.1) is 0 Å². The molecule has 0 aromatic rings. The SMILES string of the molecule is CCCOCCN1CCOCCNCCOCCOCC1. The molecule has 0 saturated carbocycles. The summed E-state index contributed by atoms with van der Waals surface area (Å²) >= 11 is 0. The summed E-state index contributed by atoms with van der Waals surface area (Å²) in [6, 6.07) is 0. The van der Waals surface area contributed by atoms with E-state index in [0.717, 1.165) is 78.8 Å². The Hall–Kier alpha value is -0.240. The summed E-state index contributed by atoms with van der Waals surface area (Å²) in [4.78, 5) is 2.34. The molecule has 0 spiro atoms. The lowest BCUT2D eigenvalue weighted by atomic mass is 10.4. The highest BCUT2D eigenvalue weighted by Crippen LogP contribution is 1.92. The van der Waals surface area contributed by atoms with Crippen LogP contribution in [0, 0.1) is 0 Å². The van der Waals surface area contributed by atoms with Gasteiger partial charge < -0.3 is 24.3 Å². The minimum Gasteiger partial charge on any atom is -0.380 e. The molecule has 1 heterocycles. The standard InChI is InChI=1S/C15H32N2O4/c1-2-8-18-11-5-17-6-12-19-9-3-16-4-10-20-14-15-21-13-7-17/h16H,2-15H2,1H3. The van der Waals surface area contributed by atoms with Gasteiger partial charge in [-0.3, -0.25) is 4.90 Å². The van der Waals surface area contributed by atoms with E-state index in [9.17, 15) is 0 Å². The fourth-order valence-corrected chi connectivity index (χ4v) is 2.00. The lowest BCUT2D eigenvalue weighted by molar-refractivity contribution is 0.0308. The Morgan fingerprint density at radius 2 is 1.48 bits per heavy atom. The zero-order valence-corrected chi connectivity index (χ0v) is 13.5. The fourth-order valence-electron chi connectivity index (χ4n) is 2.00. The van der Waals surface area contributed by atoms with Crippen molar-refractivity contribution in [1.29, 1.82) is 0 Å². The van der Waals surface area contributed by atoms with Crippen LogP contribution in [0.15, 0.2) is 0 Å². The van der Waals surface area contributed by atoms with E-state index < -0.39 is 0 Å². The summed E-state index contributed by atoms with van der Waals surface area (Å²) in [5, 5.41) is 3.29. The molecule has 0 atom stereocenters. The molecule has 0 bridgehead atoms. The van der Waals surface area contributed by atoms with E-state index in [1.54, 1.807) is 0 Å². The second kappa shape index (κ2) is 14.7. The van der Waals surface area contributed by atoms with Gasteiger partial charge in [-0.1, -0.05) is 6.92 Å². The molecule has 1 fully saturated rings. The number of hydrogen-bond acceptors (Lipinski definition) is 6. The van der Waals surface area contributed by atoms with Crippen LogP contribution in [0.4, 0.5) is 0 Å². The van der Waals surface area contributed by atoms with E-state index in [4.69, 9.17) is 18.9 Å². The highest BCUT2D eigenvalue weighted by atomic mass is 16.5. The van der Waals surface area contributed by atoms with Crippen LogP contribution in [0.5, 0.6) is 0 Å². The molecule has 1 rings (SSSR count). The minimum absolute atomic E-state index is 0.663. The topological polar surface area (TPSA) is 52.2 Å². The highest BCUT2D eigenvalue weighted by molar-refractivity contribution is 4.57. The van der Waals surface area contributed by atoms with Crippen molar-refractivity contribution >= 4 is 0 Å². The zero-order valence-electron chi connectivity index (χ0n) is 13.5. The van der Waals surface area contributed by atoms with Crippen LogP contribution in [0.2, 0.25) is 0 Å². The first-order valence-corrected chi connectivity index (χ1v) is 8.17. The van der Waals surface area contributed by atoms with Crippen molar-refractivity contribution in [3.63, 3.8) is 0 Å². The molecule has 1 aliphatic rings. The number of nitrogens with one attached hydrogen (secondary N) is 1. The van der Waals surface area contributed by atoms with Crippen molar-refractivity contribution in [3.8, 4) is 0 Å². The van der Waals surface area contributed by atoms with Gasteiger partial charge in [-0.25, -0.2) is 0 Å². The minimum atomic E-state index is 0.663. The van der Waals surface area contributed by atoms with E-state index >= 15 is 0 Å². The van der Waals surface area contributed by atoms with E-state index in [2.05, 4.69) is 17.1 Å². The molecule has 0 radical (unpaired) electrons. The van der Waals surface area contributed by atoms with Crippen molar-refractivity contribution in [2.24, 2.45) is 0 Å². The molecular formula is C15H32N2O4. The third-order valence-electron chi connectivity index (χ3n) is 3.22. The Bertz CT molecular complexity index is 204. The fraction of sp³-hybridized carbons (Fsp3) is 1.00. The summed E-state index contributed by atoms with van der Waals surface area (Å²) in [5.41, 5.74) is 0. The van der Waals surface area contributed by atoms with Gasteiger partial charge in [0.1, 0.15) is 0 Å². The molecule has 1 N–H and O–H groups in total. The third kappa shape index (κ3) is 12.0. The van der Waals surface area contributed by atoms with Gasteiger partial charge in [-0.05, 0) is 6.42 Å². The number of rotatable bonds is 5. The van der Waals surface area contributed by atoms with Crippen LogP contribution in [0.3, 0.4) is 0 Å². The summed E-state index contributed by atoms with van der Waals surface area (Å²) in [6.45, 7) is 12.5. The maximum absolute atomic E-state index is 5.64. The lowest BCUT2D eigenvalue weighted by Gasteiger charge is -2.22.